The van der Waals surface area contributed by atoms with Crippen molar-refractivity contribution in [2.75, 3.05) is 19.8 Å². The van der Waals surface area contributed by atoms with Crippen LogP contribution in [0, 0.1) is 20.8 Å². The zero-order valence-electron chi connectivity index (χ0n) is 19.3. The molecule has 0 unspecified atom stereocenters. The van der Waals surface area contributed by atoms with Gasteiger partial charge in [-0.05, 0) is 56.2 Å². The standard InChI is InChI=1S/C28H24O6/c1-16-4-6-19(7-5-16)27-28(25(30)21-13-17(2)12-18(3)26(21)34-27)33-15-22(29)20-8-9-23-24(14-20)32-11-10-31-23/h4-9,12-14H,10-11,15H2,1-3H3. The van der Waals surface area contributed by atoms with Gasteiger partial charge in [-0.1, -0.05) is 35.9 Å². The van der Waals surface area contributed by atoms with Gasteiger partial charge in [-0.15, -0.1) is 0 Å². The molecule has 5 rings (SSSR count). The van der Waals surface area contributed by atoms with Crippen LogP contribution in [0.3, 0.4) is 0 Å². The van der Waals surface area contributed by atoms with Gasteiger partial charge in [0.2, 0.25) is 11.2 Å². The number of hydrogen-bond acceptors (Lipinski definition) is 6. The second kappa shape index (κ2) is 8.71. The highest BCUT2D eigenvalue weighted by Gasteiger charge is 2.21. The molecule has 0 bridgehead atoms. The van der Waals surface area contributed by atoms with Crippen molar-refractivity contribution in [1.82, 2.24) is 0 Å². The summed E-state index contributed by atoms with van der Waals surface area (Å²) in [6.45, 7) is 6.39. The summed E-state index contributed by atoms with van der Waals surface area (Å²) >= 11 is 0. The van der Waals surface area contributed by atoms with E-state index < -0.39 is 0 Å². The Morgan fingerprint density at radius 2 is 1.62 bits per heavy atom. The molecular weight excluding hydrogens is 432 g/mol. The van der Waals surface area contributed by atoms with Crippen molar-refractivity contribution in [3.63, 3.8) is 0 Å². The number of aryl methyl sites for hydroxylation is 3. The average molecular weight is 456 g/mol. The van der Waals surface area contributed by atoms with Crippen LogP contribution in [-0.2, 0) is 0 Å². The predicted octanol–water partition coefficient (Wildman–Crippen LogP) is 5.42. The summed E-state index contributed by atoms with van der Waals surface area (Å²) in [5.74, 6) is 1.17. The number of benzene rings is 3. The first-order valence-electron chi connectivity index (χ1n) is 11.1. The van der Waals surface area contributed by atoms with Crippen LogP contribution in [0.5, 0.6) is 17.2 Å². The molecule has 6 heteroatoms. The molecule has 172 valence electrons. The first-order chi connectivity index (χ1) is 16.4. The van der Waals surface area contributed by atoms with Crippen LogP contribution >= 0.6 is 0 Å². The number of fused-ring (bicyclic) bond motifs is 2. The van der Waals surface area contributed by atoms with Crippen molar-refractivity contribution in [1.29, 1.82) is 0 Å². The summed E-state index contributed by atoms with van der Waals surface area (Å²) in [7, 11) is 0. The van der Waals surface area contributed by atoms with Gasteiger partial charge in [0.1, 0.15) is 18.8 Å². The van der Waals surface area contributed by atoms with Crippen LogP contribution in [0.15, 0.2) is 63.8 Å². The number of rotatable bonds is 5. The summed E-state index contributed by atoms with van der Waals surface area (Å²) in [6, 6.07) is 16.4. The minimum atomic E-state index is -0.320. The van der Waals surface area contributed by atoms with E-state index in [0.717, 1.165) is 16.7 Å². The molecule has 0 amide bonds. The summed E-state index contributed by atoms with van der Waals surface area (Å²) in [5, 5.41) is 0.426. The molecule has 34 heavy (non-hydrogen) atoms. The lowest BCUT2D eigenvalue weighted by molar-refractivity contribution is 0.0919. The van der Waals surface area contributed by atoms with E-state index in [9.17, 15) is 9.59 Å². The molecule has 4 aromatic rings. The Morgan fingerprint density at radius 3 is 2.38 bits per heavy atom. The Morgan fingerprint density at radius 1 is 0.882 bits per heavy atom. The monoisotopic (exact) mass is 456 g/mol. The summed E-state index contributed by atoms with van der Waals surface area (Å²) in [5.41, 5.74) is 4.20. The van der Waals surface area contributed by atoms with Crippen LogP contribution in [0.4, 0.5) is 0 Å². The third-order valence-electron chi connectivity index (χ3n) is 5.81. The zero-order chi connectivity index (χ0) is 23.8. The summed E-state index contributed by atoms with van der Waals surface area (Å²) in [4.78, 5) is 26.4. The highest BCUT2D eigenvalue weighted by molar-refractivity contribution is 5.98. The normalized spacial score (nSPS) is 12.6. The second-order valence-corrected chi connectivity index (χ2v) is 8.48. The predicted molar refractivity (Wildman–Crippen MR) is 129 cm³/mol. The minimum absolute atomic E-state index is 0.0206. The van der Waals surface area contributed by atoms with Gasteiger partial charge in [-0.3, -0.25) is 9.59 Å². The quantitative estimate of drug-likeness (QED) is 0.374. The molecule has 0 spiro atoms. The SMILES string of the molecule is Cc1ccc(-c2oc3c(C)cc(C)cc3c(=O)c2OCC(=O)c2ccc3c(c2)OCCO3)cc1. The Balaban J connectivity index is 1.54. The van der Waals surface area contributed by atoms with E-state index in [0.29, 0.717) is 52.6 Å². The lowest BCUT2D eigenvalue weighted by atomic mass is 10.0. The Labute approximate surface area is 196 Å². The van der Waals surface area contributed by atoms with Gasteiger partial charge in [0.25, 0.3) is 0 Å². The fourth-order valence-electron chi connectivity index (χ4n) is 4.10. The van der Waals surface area contributed by atoms with Crippen molar-refractivity contribution >= 4 is 16.8 Å². The van der Waals surface area contributed by atoms with Gasteiger partial charge < -0.3 is 18.6 Å². The third kappa shape index (κ3) is 4.03. The van der Waals surface area contributed by atoms with Crippen molar-refractivity contribution in [2.24, 2.45) is 0 Å². The van der Waals surface area contributed by atoms with Crippen molar-refractivity contribution in [3.8, 4) is 28.6 Å². The number of ketones is 1. The van der Waals surface area contributed by atoms with Gasteiger partial charge in [0.05, 0.1) is 5.39 Å². The molecular formula is C28H24O6. The van der Waals surface area contributed by atoms with E-state index in [-0.39, 0.29) is 23.6 Å². The van der Waals surface area contributed by atoms with Gasteiger partial charge in [0, 0.05) is 11.1 Å². The van der Waals surface area contributed by atoms with E-state index in [2.05, 4.69) is 0 Å². The highest BCUT2D eigenvalue weighted by atomic mass is 16.6. The van der Waals surface area contributed by atoms with E-state index in [1.807, 2.05) is 51.1 Å². The maximum Gasteiger partial charge on any atom is 0.235 e. The molecule has 0 atom stereocenters. The molecule has 2 heterocycles. The topological polar surface area (TPSA) is 75.0 Å². The number of carbonyl (C=O) groups excluding carboxylic acids is 1. The molecule has 1 aliphatic rings. The van der Waals surface area contributed by atoms with Gasteiger partial charge in [-0.25, -0.2) is 0 Å². The molecule has 0 fully saturated rings. The van der Waals surface area contributed by atoms with Crippen LogP contribution < -0.4 is 19.6 Å². The summed E-state index contributed by atoms with van der Waals surface area (Å²) < 4.78 is 23.2. The van der Waals surface area contributed by atoms with Crippen molar-refractivity contribution < 1.29 is 23.4 Å². The molecule has 0 aliphatic carbocycles. The molecule has 1 aliphatic heterocycles. The van der Waals surface area contributed by atoms with Crippen LogP contribution in [-0.4, -0.2) is 25.6 Å². The molecule has 6 nitrogen and oxygen atoms in total. The fourth-order valence-corrected chi connectivity index (χ4v) is 4.10. The van der Waals surface area contributed by atoms with Gasteiger partial charge in [0.15, 0.2) is 29.6 Å². The van der Waals surface area contributed by atoms with Crippen molar-refractivity contribution in [2.45, 2.75) is 20.8 Å². The molecule has 1 aromatic heterocycles. The number of Topliss-reactive ketones (excluding diaryl/α,β-unsaturated/α-hetero) is 1. The number of carbonyl (C=O) groups is 1. The lowest BCUT2D eigenvalue weighted by Crippen LogP contribution is -2.19. The first-order valence-corrected chi connectivity index (χ1v) is 11.1. The maximum atomic E-state index is 13.5. The number of ether oxygens (including phenoxy) is 3. The lowest BCUT2D eigenvalue weighted by Gasteiger charge is -2.18. The second-order valence-electron chi connectivity index (χ2n) is 8.48. The van der Waals surface area contributed by atoms with Gasteiger partial charge >= 0.3 is 0 Å². The zero-order valence-corrected chi connectivity index (χ0v) is 19.3. The summed E-state index contributed by atoms with van der Waals surface area (Å²) in [6.07, 6.45) is 0. The van der Waals surface area contributed by atoms with Gasteiger partial charge in [-0.2, -0.15) is 0 Å². The third-order valence-corrected chi connectivity index (χ3v) is 5.81. The Hall–Kier alpha value is -4.06. The molecule has 0 radical (unpaired) electrons. The fraction of sp³-hybridized carbons (Fsp3) is 0.214. The van der Waals surface area contributed by atoms with Crippen LogP contribution in [0.25, 0.3) is 22.3 Å². The number of hydrogen-bond donors (Lipinski definition) is 0. The van der Waals surface area contributed by atoms with E-state index in [4.69, 9.17) is 18.6 Å². The largest absolute Gasteiger partial charge is 0.486 e. The first kappa shape index (κ1) is 21.8. The molecule has 0 saturated carbocycles. The molecule has 0 saturated heterocycles. The maximum absolute atomic E-state index is 13.5. The van der Waals surface area contributed by atoms with Crippen LogP contribution in [0.1, 0.15) is 27.0 Å². The highest BCUT2D eigenvalue weighted by Crippen LogP contribution is 2.34. The van der Waals surface area contributed by atoms with E-state index >= 15 is 0 Å². The smallest absolute Gasteiger partial charge is 0.235 e. The van der Waals surface area contributed by atoms with Crippen LogP contribution in [0.2, 0.25) is 0 Å². The van der Waals surface area contributed by atoms with E-state index in [1.165, 1.54) is 0 Å². The minimum Gasteiger partial charge on any atom is -0.486 e. The molecule has 3 aromatic carbocycles. The van der Waals surface area contributed by atoms with Crippen molar-refractivity contribution in [3.05, 3.63) is 87.1 Å². The van der Waals surface area contributed by atoms with E-state index in [1.54, 1.807) is 24.3 Å². The molecule has 0 N–H and O–H groups in total. The Kier molecular flexibility index (Phi) is 5.57. The average Bonchev–Trinajstić information content (AvgIpc) is 2.84. The Bertz CT molecular complexity index is 1460.